The van der Waals surface area contributed by atoms with E-state index in [-0.39, 0.29) is 24.1 Å². The Kier molecular flexibility index (Phi) is 7.29. The third-order valence-corrected chi connectivity index (χ3v) is 4.91. The molecule has 0 fully saturated rings. The highest BCUT2D eigenvalue weighted by molar-refractivity contribution is 7.14. The molecule has 1 heterocycles. The number of nitrogens with zero attached hydrogens (tertiary/aromatic N) is 1. The second-order valence-electron chi connectivity index (χ2n) is 6.57. The highest BCUT2D eigenvalue weighted by Crippen LogP contribution is 2.26. The van der Waals surface area contributed by atoms with Gasteiger partial charge in [0.05, 0.1) is 5.69 Å². The van der Waals surface area contributed by atoms with Gasteiger partial charge in [0.1, 0.15) is 0 Å². The number of carbonyl (C=O) groups excluding carboxylic acids is 3. The van der Waals surface area contributed by atoms with Crippen molar-refractivity contribution in [2.45, 2.75) is 19.8 Å². The van der Waals surface area contributed by atoms with Gasteiger partial charge in [-0.3, -0.25) is 14.4 Å². The largest absolute Gasteiger partial charge is 0.352 e. The summed E-state index contributed by atoms with van der Waals surface area (Å²) in [6, 6.07) is 16.3. The number of thiazole rings is 1. The number of anilines is 2. The molecular formula is C22H22N4O3S. The van der Waals surface area contributed by atoms with Gasteiger partial charge in [-0.15, -0.1) is 11.3 Å². The SMILES string of the molecule is CC(=O)Nc1ccc(-c2csc(NC(=O)CCCNC(=O)c3ccccc3)n2)cc1. The minimum absolute atomic E-state index is 0.124. The van der Waals surface area contributed by atoms with Crippen LogP contribution < -0.4 is 16.0 Å². The van der Waals surface area contributed by atoms with E-state index in [1.54, 1.807) is 24.3 Å². The number of amides is 3. The monoisotopic (exact) mass is 422 g/mol. The minimum Gasteiger partial charge on any atom is -0.352 e. The van der Waals surface area contributed by atoms with Gasteiger partial charge in [-0.2, -0.15) is 0 Å². The van der Waals surface area contributed by atoms with E-state index in [4.69, 9.17) is 0 Å². The molecule has 0 saturated heterocycles. The van der Waals surface area contributed by atoms with Crippen LogP contribution in [0.15, 0.2) is 60.0 Å². The second kappa shape index (κ2) is 10.3. The van der Waals surface area contributed by atoms with E-state index < -0.39 is 0 Å². The Bertz CT molecular complexity index is 1020. The smallest absolute Gasteiger partial charge is 0.251 e. The molecule has 30 heavy (non-hydrogen) atoms. The van der Waals surface area contributed by atoms with E-state index >= 15 is 0 Å². The van der Waals surface area contributed by atoms with Crippen LogP contribution in [0.4, 0.5) is 10.8 Å². The lowest BCUT2D eigenvalue weighted by Gasteiger charge is -2.05. The third-order valence-electron chi connectivity index (χ3n) is 4.15. The van der Waals surface area contributed by atoms with Gasteiger partial charge in [0.2, 0.25) is 11.8 Å². The topological polar surface area (TPSA) is 100 Å². The van der Waals surface area contributed by atoms with Crippen LogP contribution in [0.5, 0.6) is 0 Å². The Balaban J connectivity index is 1.43. The molecule has 154 valence electrons. The van der Waals surface area contributed by atoms with Crippen LogP contribution in [0.2, 0.25) is 0 Å². The van der Waals surface area contributed by atoms with Gasteiger partial charge in [0, 0.05) is 42.1 Å². The van der Waals surface area contributed by atoms with E-state index in [1.807, 2.05) is 35.7 Å². The van der Waals surface area contributed by atoms with E-state index in [9.17, 15) is 14.4 Å². The molecule has 2 aromatic carbocycles. The summed E-state index contributed by atoms with van der Waals surface area (Å²) in [5.74, 6) is -0.419. The zero-order valence-corrected chi connectivity index (χ0v) is 17.3. The zero-order chi connectivity index (χ0) is 21.3. The Morgan fingerprint density at radius 1 is 0.967 bits per heavy atom. The van der Waals surface area contributed by atoms with Crippen molar-refractivity contribution in [3.63, 3.8) is 0 Å². The van der Waals surface area contributed by atoms with E-state index in [0.29, 0.717) is 23.7 Å². The molecule has 0 bridgehead atoms. The molecule has 8 heteroatoms. The van der Waals surface area contributed by atoms with E-state index in [1.165, 1.54) is 18.3 Å². The number of aromatic nitrogens is 1. The van der Waals surface area contributed by atoms with Gasteiger partial charge in [-0.25, -0.2) is 4.98 Å². The maximum absolute atomic E-state index is 12.1. The quantitative estimate of drug-likeness (QED) is 0.479. The number of benzene rings is 2. The molecule has 7 nitrogen and oxygen atoms in total. The van der Waals surface area contributed by atoms with E-state index in [2.05, 4.69) is 20.9 Å². The van der Waals surface area contributed by atoms with Crippen molar-refractivity contribution in [1.82, 2.24) is 10.3 Å². The first-order valence-electron chi connectivity index (χ1n) is 9.48. The second-order valence-corrected chi connectivity index (χ2v) is 7.43. The van der Waals surface area contributed by atoms with Gasteiger partial charge in [0.25, 0.3) is 5.91 Å². The molecule has 3 rings (SSSR count). The number of hydrogen-bond donors (Lipinski definition) is 3. The Labute approximate surface area is 178 Å². The van der Waals surface area contributed by atoms with Gasteiger partial charge in [-0.1, -0.05) is 30.3 Å². The van der Waals surface area contributed by atoms with Crippen molar-refractivity contribution in [3.05, 3.63) is 65.5 Å². The summed E-state index contributed by atoms with van der Waals surface area (Å²) >= 11 is 1.35. The van der Waals surface area contributed by atoms with Crippen LogP contribution in [0.25, 0.3) is 11.3 Å². The molecule has 0 radical (unpaired) electrons. The average Bonchev–Trinajstić information content (AvgIpc) is 3.20. The summed E-state index contributed by atoms with van der Waals surface area (Å²) in [4.78, 5) is 39.6. The standard InChI is InChI=1S/C22H22N4O3S/c1-15(27)24-18-11-9-16(10-12-18)19-14-30-22(25-19)26-20(28)8-5-13-23-21(29)17-6-3-2-4-7-17/h2-4,6-7,9-12,14H,5,8,13H2,1H3,(H,23,29)(H,24,27)(H,25,26,28). The highest BCUT2D eigenvalue weighted by atomic mass is 32.1. The van der Waals surface area contributed by atoms with Crippen LogP contribution in [0.3, 0.4) is 0 Å². The normalized spacial score (nSPS) is 10.3. The van der Waals surface area contributed by atoms with Crippen LogP contribution in [0, 0.1) is 0 Å². The molecular weight excluding hydrogens is 400 g/mol. The lowest BCUT2D eigenvalue weighted by Crippen LogP contribution is -2.25. The molecule has 0 aliphatic heterocycles. The van der Waals surface area contributed by atoms with Crippen molar-refractivity contribution >= 4 is 39.9 Å². The lowest BCUT2D eigenvalue weighted by atomic mass is 10.1. The predicted octanol–water partition coefficient (Wildman–Crippen LogP) is 3.92. The zero-order valence-electron chi connectivity index (χ0n) is 16.5. The summed E-state index contributed by atoms with van der Waals surface area (Å²) in [5.41, 5.74) is 2.96. The van der Waals surface area contributed by atoms with Crippen molar-refractivity contribution in [2.24, 2.45) is 0 Å². The van der Waals surface area contributed by atoms with Crippen LogP contribution in [0.1, 0.15) is 30.1 Å². The lowest BCUT2D eigenvalue weighted by molar-refractivity contribution is -0.116. The first kappa shape index (κ1) is 21.2. The molecule has 1 aromatic heterocycles. The molecule has 0 saturated carbocycles. The summed E-state index contributed by atoms with van der Waals surface area (Å²) in [5, 5.41) is 10.7. The fraction of sp³-hybridized carbons (Fsp3) is 0.182. The van der Waals surface area contributed by atoms with Crippen LogP contribution in [-0.4, -0.2) is 29.3 Å². The van der Waals surface area contributed by atoms with Crippen LogP contribution in [-0.2, 0) is 9.59 Å². The number of hydrogen-bond acceptors (Lipinski definition) is 5. The molecule has 3 amide bonds. The van der Waals surface area contributed by atoms with Crippen molar-refractivity contribution in [3.8, 4) is 11.3 Å². The van der Waals surface area contributed by atoms with E-state index in [0.717, 1.165) is 16.9 Å². The fourth-order valence-corrected chi connectivity index (χ4v) is 3.45. The van der Waals surface area contributed by atoms with Gasteiger partial charge >= 0.3 is 0 Å². The predicted molar refractivity (Wildman–Crippen MR) is 118 cm³/mol. The molecule has 0 spiro atoms. The Morgan fingerprint density at radius 2 is 1.70 bits per heavy atom. The molecule has 3 N–H and O–H groups in total. The molecule has 0 aliphatic rings. The molecule has 0 unspecified atom stereocenters. The summed E-state index contributed by atoms with van der Waals surface area (Å²) in [6.45, 7) is 1.88. The Hall–Kier alpha value is -3.52. The maximum atomic E-state index is 12.1. The summed E-state index contributed by atoms with van der Waals surface area (Å²) < 4.78 is 0. The molecule has 0 atom stereocenters. The maximum Gasteiger partial charge on any atom is 0.251 e. The highest BCUT2D eigenvalue weighted by Gasteiger charge is 2.09. The first-order chi connectivity index (χ1) is 14.5. The van der Waals surface area contributed by atoms with Crippen molar-refractivity contribution in [2.75, 3.05) is 17.2 Å². The van der Waals surface area contributed by atoms with Gasteiger partial charge in [-0.05, 0) is 30.7 Å². The minimum atomic E-state index is -0.148. The number of rotatable bonds is 8. The molecule has 0 aliphatic carbocycles. The number of carbonyl (C=O) groups is 3. The van der Waals surface area contributed by atoms with Gasteiger partial charge < -0.3 is 16.0 Å². The fourth-order valence-electron chi connectivity index (χ4n) is 2.72. The summed E-state index contributed by atoms with van der Waals surface area (Å²) in [6.07, 6.45) is 0.822. The van der Waals surface area contributed by atoms with Crippen molar-refractivity contribution in [1.29, 1.82) is 0 Å². The summed E-state index contributed by atoms with van der Waals surface area (Å²) in [7, 11) is 0. The van der Waals surface area contributed by atoms with Gasteiger partial charge in [0.15, 0.2) is 5.13 Å². The van der Waals surface area contributed by atoms with Crippen LogP contribution >= 0.6 is 11.3 Å². The first-order valence-corrected chi connectivity index (χ1v) is 10.4. The Morgan fingerprint density at radius 3 is 2.40 bits per heavy atom. The van der Waals surface area contributed by atoms with Crippen molar-refractivity contribution < 1.29 is 14.4 Å². The number of nitrogens with one attached hydrogen (secondary N) is 3. The molecule has 3 aromatic rings. The third kappa shape index (κ3) is 6.25. The average molecular weight is 423 g/mol.